The second-order valence-corrected chi connectivity index (χ2v) is 7.50. The molecule has 1 aromatic rings. The van der Waals surface area contributed by atoms with Crippen LogP contribution in [0.1, 0.15) is 50.5 Å². The van der Waals surface area contributed by atoms with Crippen molar-refractivity contribution in [2.24, 2.45) is 10.9 Å². The van der Waals surface area contributed by atoms with Crippen molar-refractivity contribution in [1.29, 1.82) is 0 Å². The summed E-state index contributed by atoms with van der Waals surface area (Å²) in [5.74, 6) is 2.26. The lowest BCUT2D eigenvalue weighted by Crippen LogP contribution is -2.37. The SMILES string of the molecule is COc1ccc(C)cc1OC1CC(C(P)=NC2CCCCC2)C1. The molecule has 0 radical (unpaired) electrons. The molecule has 0 aliphatic heterocycles. The number of hydrogen-bond acceptors (Lipinski definition) is 3. The van der Waals surface area contributed by atoms with Gasteiger partial charge in [0.1, 0.15) is 6.10 Å². The number of aliphatic imine (C=N–C) groups is 1. The normalized spacial score (nSPS) is 25.8. The molecule has 0 spiro atoms. The van der Waals surface area contributed by atoms with Crippen LogP contribution in [0, 0.1) is 12.8 Å². The van der Waals surface area contributed by atoms with Gasteiger partial charge in [0.05, 0.1) is 13.2 Å². The van der Waals surface area contributed by atoms with Gasteiger partial charge in [-0.15, -0.1) is 0 Å². The zero-order chi connectivity index (χ0) is 16.2. The number of methoxy groups -OCH3 is 1. The van der Waals surface area contributed by atoms with E-state index in [1.54, 1.807) is 7.11 Å². The lowest BCUT2D eigenvalue weighted by atomic mass is 9.82. The number of ether oxygens (including phenoxy) is 2. The summed E-state index contributed by atoms with van der Waals surface area (Å²) in [5.41, 5.74) is 2.45. The van der Waals surface area contributed by atoms with Crippen LogP contribution in [0.3, 0.4) is 0 Å². The summed E-state index contributed by atoms with van der Waals surface area (Å²) in [7, 11) is 4.57. The number of aryl methyl sites for hydroxylation is 1. The van der Waals surface area contributed by atoms with Gasteiger partial charge < -0.3 is 9.47 Å². The van der Waals surface area contributed by atoms with Crippen LogP contribution in [0.15, 0.2) is 23.2 Å². The molecule has 3 nitrogen and oxygen atoms in total. The monoisotopic (exact) mass is 333 g/mol. The Morgan fingerprint density at radius 2 is 1.87 bits per heavy atom. The highest BCUT2D eigenvalue weighted by molar-refractivity contribution is 7.40. The molecule has 1 unspecified atom stereocenters. The Labute approximate surface area is 142 Å². The molecule has 3 rings (SSSR count). The molecule has 0 amide bonds. The van der Waals surface area contributed by atoms with Crippen molar-refractivity contribution < 1.29 is 9.47 Å². The Bertz CT molecular complexity index is 560. The van der Waals surface area contributed by atoms with Crippen molar-refractivity contribution in [1.82, 2.24) is 0 Å². The summed E-state index contributed by atoms with van der Waals surface area (Å²) in [6, 6.07) is 6.65. The van der Waals surface area contributed by atoms with Crippen LogP contribution in [0.5, 0.6) is 11.5 Å². The molecule has 0 heterocycles. The predicted octanol–water partition coefficient (Wildman–Crippen LogP) is 4.77. The Hall–Kier alpha value is -1.08. The first-order chi connectivity index (χ1) is 11.2. The minimum Gasteiger partial charge on any atom is -0.493 e. The zero-order valence-electron chi connectivity index (χ0n) is 14.3. The van der Waals surface area contributed by atoms with Gasteiger partial charge in [-0.1, -0.05) is 34.6 Å². The van der Waals surface area contributed by atoms with Crippen LogP contribution in [0.2, 0.25) is 0 Å². The van der Waals surface area contributed by atoms with Gasteiger partial charge in [-0.05, 0) is 50.3 Å². The first-order valence-corrected chi connectivity index (χ1v) is 9.38. The number of rotatable bonds is 5. The molecule has 0 aromatic heterocycles. The summed E-state index contributed by atoms with van der Waals surface area (Å²) in [6.07, 6.45) is 9.02. The largest absolute Gasteiger partial charge is 0.493 e. The third-order valence-corrected chi connectivity index (χ3v) is 5.65. The van der Waals surface area contributed by atoms with Gasteiger partial charge >= 0.3 is 0 Å². The molecular weight excluding hydrogens is 305 g/mol. The van der Waals surface area contributed by atoms with Gasteiger partial charge in [0.15, 0.2) is 11.5 Å². The van der Waals surface area contributed by atoms with Gasteiger partial charge in [-0.2, -0.15) is 0 Å². The minimum absolute atomic E-state index is 0.285. The summed E-state index contributed by atoms with van der Waals surface area (Å²) in [5, 5.41) is 0. The van der Waals surface area contributed by atoms with Gasteiger partial charge in [0, 0.05) is 11.4 Å². The van der Waals surface area contributed by atoms with Crippen molar-refractivity contribution in [3.8, 4) is 11.5 Å². The molecular formula is C19H28NO2P. The number of benzene rings is 1. The van der Waals surface area contributed by atoms with Crippen LogP contribution in [-0.2, 0) is 0 Å². The first kappa shape index (κ1) is 16.8. The van der Waals surface area contributed by atoms with E-state index in [0.717, 1.165) is 24.3 Å². The lowest BCUT2D eigenvalue weighted by molar-refractivity contribution is 0.0915. The van der Waals surface area contributed by atoms with Crippen molar-refractivity contribution in [3.05, 3.63) is 23.8 Å². The molecule has 1 atom stereocenters. The third-order valence-electron chi connectivity index (χ3n) is 5.03. The Morgan fingerprint density at radius 1 is 1.13 bits per heavy atom. The molecule has 2 saturated carbocycles. The van der Waals surface area contributed by atoms with Crippen molar-refractivity contribution in [2.45, 2.75) is 64.0 Å². The quantitative estimate of drug-likeness (QED) is 0.574. The second kappa shape index (κ2) is 7.66. The van der Waals surface area contributed by atoms with Gasteiger partial charge in [-0.3, -0.25) is 4.99 Å². The van der Waals surface area contributed by atoms with E-state index in [1.165, 1.54) is 43.1 Å². The van der Waals surface area contributed by atoms with Gasteiger partial charge in [0.2, 0.25) is 0 Å². The molecule has 126 valence electrons. The van der Waals surface area contributed by atoms with E-state index in [2.05, 4.69) is 22.2 Å². The summed E-state index contributed by atoms with van der Waals surface area (Å²) >= 11 is 0. The average Bonchev–Trinajstić information content (AvgIpc) is 2.51. The van der Waals surface area contributed by atoms with Crippen LogP contribution < -0.4 is 9.47 Å². The summed E-state index contributed by atoms with van der Waals surface area (Å²) < 4.78 is 11.5. The fraction of sp³-hybridized carbons (Fsp3) is 0.632. The Morgan fingerprint density at radius 3 is 2.57 bits per heavy atom. The van der Waals surface area contributed by atoms with Crippen molar-refractivity contribution in [3.63, 3.8) is 0 Å². The van der Waals surface area contributed by atoms with E-state index in [9.17, 15) is 0 Å². The maximum Gasteiger partial charge on any atom is 0.161 e. The molecule has 2 fully saturated rings. The molecule has 2 aliphatic carbocycles. The first-order valence-electron chi connectivity index (χ1n) is 8.80. The maximum atomic E-state index is 6.13. The van der Waals surface area contributed by atoms with E-state index in [0.29, 0.717) is 12.0 Å². The molecule has 0 saturated heterocycles. The highest BCUT2D eigenvalue weighted by Gasteiger charge is 2.34. The summed E-state index contributed by atoms with van der Waals surface area (Å²) in [4.78, 5) is 4.95. The predicted molar refractivity (Wildman–Crippen MR) is 98.9 cm³/mol. The van der Waals surface area contributed by atoms with Crippen LogP contribution in [-0.4, -0.2) is 24.7 Å². The van der Waals surface area contributed by atoms with Crippen LogP contribution in [0.25, 0.3) is 0 Å². The molecule has 1 aromatic carbocycles. The summed E-state index contributed by atoms with van der Waals surface area (Å²) in [6.45, 7) is 2.08. The van der Waals surface area contributed by atoms with Gasteiger partial charge in [-0.25, -0.2) is 0 Å². The highest BCUT2D eigenvalue weighted by atomic mass is 31.0. The number of nitrogens with zero attached hydrogens (tertiary/aromatic N) is 1. The number of hydrogen-bond donors (Lipinski definition) is 0. The molecule has 0 bridgehead atoms. The third kappa shape index (κ3) is 4.26. The molecule has 2 aliphatic rings. The van der Waals surface area contributed by atoms with E-state index in [1.807, 2.05) is 12.1 Å². The zero-order valence-corrected chi connectivity index (χ0v) is 15.4. The molecule has 4 heteroatoms. The smallest absolute Gasteiger partial charge is 0.161 e. The van der Waals surface area contributed by atoms with Crippen LogP contribution >= 0.6 is 9.24 Å². The fourth-order valence-electron chi connectivity index (χ4n) is 3.49. The molecule has 23 heavy (non-hydrogen) atoms. The Kier molecular flexibility index (Phi) is 5.58. The fourth-order valence-corrected chi connectivity index (χ4v) is 3.97. The highest BCUT2D eigenvalue weighted by Crippen LogP contribution is 2.38. The van der Waals surface area contributed by atoms with Gasteiger partial charge in [0.25, 0.3) is 0 Å². The lowest BCUT2D eigenvalue weighted by Gasteiger charge is -2.36. The van der Waals surface area contributed by atoms with E-state index in [-0.39, 0.29) is 6.10 Å². The van der Waals surface area contributed by atoms with E-state index < -0.39 is 0 Å². The Balaban J connectivity index is 1.53. The second-order valence-electron chi connectivity index (χ2n) is 6.91. The maximum absolute atomic E-state index is 6.13. The minimum atomic E-state index is 0.285. The molecule has 0 N–H and O–H groups in total. The van der Waals surface area contributed by atoms with Crippen molar-refractivity contribution >= 4 is 14.7 Å². The van der Waals surface area contributed by atoms with E-state index >= 15 is 0 Å². The van der Waals surface area contributed by atoms with Crippen molar-refractivity contribution in [2.75, 3.05) is 7.11 Å². The van der Waals surface area contributed by atoms with E-state index in [4.69, 9.17) is 14.5 Å². The van der Waals surface area contributed by atoms with Crippen LogP contribution in [0.4, 0.5) is 0 Å². The standard InChI is InChI=1S/C19H28NO2P/c1-13-8-9-17(21-2)18(10-13)22-16-11-14(12-16)19(23)20-15-6-4-3-5-7-15/h8-10,14-16H,3-7,11-12,23H2,1-2H3. The topological polar surface area (TPSA) is 30.8 Å². The average molecular weight is 333 g/mol.